The highest BCUT2D eigenvalue weighted by molar-refractivity contribution is 9.10. The number of rotatable bonds is 2. The number of halogens is 1. The number of carbonyl (C=O) groups is 1. The lowest BCUT2D eigenvalue weighted by atomic mass is 9.92. The zero-order valence-corrected chi connectivity index (χ0v) is 10.5. The Kier molecular flexibility index (Phi) is 3.42. The topological polar surface area (TPSA) is 72.2 Å². The molecule has 5 nitrogen and oxygen atoms in total. The fraction of sp³-hybridized carbons (Fsp3) is 0.364. The van der Waals surface area contributed by atoms with Crippen LogP contribution in [0.2, 0.25) is 0 Å². The Balaban J connectivity index is 2.32. The molecule has 1 aromatic rings. The van der Waals surface area contributed by atoms with Crippen LogP contribution in [0.15, 0.2) is 28.7 Å². The average Bonchev–Trinajstić information content (AvgIpc) is 2.28. The van der Waals surface area contributed by atoms with Gasteiger partial charge in [0.15, 0.2) is 0 Å². The zero-order valence-electron chi connectivity index (χ0n) is 8.93. The summed E-state index contributed by atoms with van der Waals surface area (Å²) in [5, 5.41) is 13.7. The van der Waals surface area contributed by atoms with E-state index < -0.39 is 12.1 Å². The van der Waals surface area contributed by atoms with E-state index >= 15 is 0 Å². The van der Waals surface area contributed by atoms with Crippen LogP contribution in [0.25, 0.3) is 0 Å². The van der Waals surface area contributed by atoms with Gasteiger partial charge in [-0.05, 0) is 17.7 Å². The van der Waals surface area contributed by atoms with Crippen LogP contribution in [0.1, 0.15) is 24.4 Å². The van der Waals surface area contributed by atoms with Crippen molar-refractivity contribution in [3.63, 3.8) is 0 Å². The third kappa shape index (κ3) is 2.63. The Labute approximate surface area is 106 Å². The normalized spacial score (nSPS) is 24.2. The summed E-state index contributed by atoms with van der Waals surface area (Å²) in [5.74, 6) is -0.131. The molecule has 1 aliphatic rings. The molecule has 1 aromatic carbocycles. The van der Waals surface area contributed by atoms with E-state index in [0.29, 0.717) is 0 Å². The first-order valence-electron chi connectivity index (χ1n) is 5.26. The highest BCUT2D eigenvalue weighted by Crippen LogP contribution is 2.27. The summed E-state index contributed by atoms with van der Waals surface area (Å²) < 4.78 is 0.844. The minimum atomic E-state index is -0.748. The van der Waals surface area contributed by atoms with Gasteiger partial charge in [0.25, 0.3) is 0 Å². The van der Waals surface area contributed by atoms with Crippen LogP contribution in [-0.2, 0) is 4.79 Å². The highest BCUT2D eigenvalue weighted by Gasteiger charge is 2.37. The van der Waals surface area contributed by atoms with E-state index in [-0.39, 0.29) is 23.7 Å². The van der Waals surface area contributed by atoms with Gasteiger partial charge in [-0.25, -0.2) is 0 Å². The molecule has 0 spiro atoms. The molecule has 1 N–H and O–H groups in total. The van der Waals surface area contributed by atoms with Gasteiger partial charge >= 0.3 is 0 Å². The minimum Gasteiger partial charge on any atom is -0.343 e. The van der Waals surface area contributed by atoms with Crippen molar-refractivity contribution in [2.75, 3.05) is 0 Å². The van der Waals surface area contributed by atoms with Crippen molar-refractivity contribution in [1.29, 1.82) is 0 Å². The quantitative estimate of drug-likeness (QED) is 0.671. The van der Waals surface area contributed by atoms with Crippen LogP contribution in [0, 0.1) is 10.1 Å². The van der Waals surface area contributed by atoms with E-state index in [1.807, 2.05) is 6.07 Å². The van der Waals surface area contributed by atoms with Gasteiger partial charge in [0.2, 0.25) is 11.9 Å². The second kappa shape index (κ2) is 4.83. The number of nitrogens with one attached hydrogen (secondary N) is 1. The van der Waals surface area contributed by atoms with E-state index in [2.05, 4.69) is 21.2 Å². The Morgan fingerprint density at radius 2 is 2.24 bits per heavy atom. The molecule has 1 aliphatic heterocycles. The third-order valence-electron chi connectivity index (χ3n) is 2.85. The molecule has 0 aromatic heterocycles. The molecular weight excluding hydrogens is 288 g/mol. The second-order valence-corrected chi connectivity index (χ2v) is 4.91. The Bertz CT molecular complexity index is 464. The van der Waals surface area contributed by atoms with Gasteiger partial charge in [-0.2, -0.15) is 0 Å². The second-order valence-electron chi connectivity index (χ2n) is 3.99. The standard InChI is InChI=1S/C11H11BrN2O3/c12-8-3-1-2-7(6-8)11-9(14(16)17)4-5-10(15)13-11/h1-3,6,9,11H,4-5H2,(H,13,15)/t9-,11+/m1/s1. The number of hydrogen-bond donors (Lipinski definition) is 1. The van der Waals surface area contributed by atoms with Crippen LogP contribution in [0.3, 0.4) is 0 Å². The van der Waals surface area contributed by atoms with Crippen molar-refractivity contribution in [3.05, 3.63) is 44.4 Å². The molecule has 1 saturated heterocycles. The van der Waals surface area contributed by atoms with Crippen molar-refractivity contribution in [1.82, 2.24) is 5.32 Å². The minimum absolute atomic E-state index is 0.131. The van der Waals surface area contributed by atoms with Crippen molar-refractivity contribution in [2.24, 2.45) is 0 Å². The van der Waals surface area contributed by atoms with Gasteiger partial charge in [-0.3, -0.25) is 14.9 Å². The molecule has 0 aliphatic carbocycles. The van der Waals surface area contributed by atoms with E-state index in [4.69, 9.17) is 0 Å². The number of piperidine rings is 1. The molecule has 2 rings (SSSR count). The lowest BCUT2D eigenvalue weighted by molar-refractivity contribution is -0.529. The molecule has 0 bridgehead atoms. The predicted octanol–water partition coefficient (Wildman–Crippen LogP) is 2.05. The van der Waals surface area contributed by atoms with Crippen molar-refractivity contribution < 1.29 is 9.72 Å². The van der Waals surface area contributed by atoms with Gasteiger partial charge in [0, 0.05) is 22.2 Å². The number of nitrogens with zero attached hydrogens (tertiary/aromatic N) is 1. The SMILES string of the molecule is O=C1CC[C@@H]([N+](=O)[O-])[C@H](c2cccc(Br)c2)N1. The maximum absolute atomic E-state index is 11.4. The summed E-state index contributed by atoms with van der Waals surface area (Å²) in [6.07, 6.45) is 0.506. The molecule has 6 heteroatoms. The summed E-state index contributed by atoms with van der Waals surface area (Å²) in [6.45, 7) is 0. The molecule has 2 atom stereocenters. The summed E-state index contributed by atoms with van der Waals surface area (Å²) in [7, 11) is 0. The first-order chi connectivity index (χ1) is 8.08. The van der Waals surface area contributed by atoms with Gasteiger partial charge in [-0.15, -0.1) is 0 Å². The van der Waals surface area contributed by atoms with Gasteiger partial charge in [0.05, 0.1) is 0 Å². The lowest BCUT2D eigenvalue weighted by Gasteiger charge is -2.26. The van der Waals surface area contributed by atoms with Crippen LogP contribution < -0.4 is 5.32 Å². The first kappa shape index (κ1) is 12.0. The van der Waals surface area contributed by atoms with Crippen LogP contribution in [0.4, 0.5) is 0 Å². The van der Waals surface area contributed by atoms with E-state index in [0.717, 1.165) is 10.0 Å². The number of carbonyl (C=O) groups excluding carboxylic acids is 1. The fourth-order valence-corrected chi connectivity index (χ4v) is 2.44. The van der Waals surface area contributed by atoms with Crippen LogP contribution >= 0.6 is 15.9 Å². The van der Waals surface area contributed by atoms with E-state index in [9.17, 15) is 14.9 Å². The molecule has 17 heavy (non-hydrogen) atoms. The summed E-state index contributed by atoms with van der Waals surface area (Å²) >= 11 is 3.32. The summed E-state index contributed by atoms with van der Waals surface area (Å²) in [5.41, 5.74) is 0.758. The summed E-state index contributed by atoms with van der Waals surface area (Å²) in [4.78, 5) is 22.0. The van der Waals surface area contributed by atoms with Crippen molar-refractivity contribution >= 4 is 21.8 Å². The predicted molar refractivity (Wildman–Crippen MR) is 65.0 cm³/mol. The molecule has 0 radical (unpaired) electrons. The van der Waals surface area contributed by atoms with Crippen LogP contribution in [-0.4, -0.2) is 16.9 Å². The largest absolute Gasteiger partial charge is 0.343 e. The Hall–Kier alpha value is -1.43. The maximum Gasteiger partial charge on any atom is 0.237 e. The smallest absolute Gasteiger partial charge is 0.237 e. The van der Waals surface area contributed by atoms with E-state index in [1.54, 1.807) is 18.2 Å². The van der Waals surface area contributed by atoms with Gasteiger partial charge in [0.1, 0.15) is 6.04 Å². The number of amides is 1. The summed E-state index contributed by atoms with van der Waals surface area (Å²) in [6, 6.07) is 5.95. The van der Waals surface area contributed by atoms with Crippen LogP contribution in [0.5, 0.6) is 0 Å². The van der Waals surface area contributed by atoms with Crippen molar-refractivity contribution in [2.45, 2.75) is 24.9 Å². The molecule has 1 heterocycles. The monoisotopic (exact) mass is 298 g/mol. The highest BCUT2D eigenvalue weighted by atomic mass is 79.9. The van der Waals surface area contributed by atoms with Gasteiger partial charge in [-0.1, -0.05) is 28.1 Å². The number of nitro groups is 1. The zero-order chi connectivity index (χ0) is 12.4. The molecular formula is C11H11BrN2O3. The Morgan fingerprint density at radius 3 is 2.88 bits per heavy atom. The van der Waals surface area contributed by atoms with Crippen molar-refractivity contribution in [3.8, 4) is 0 Å². The number of benzene rings is 1. The maximum atomic E-state index is 11.4. The van der Waals surface area contributed by atoms with Gasteiger partial charge < -0.3 is 5.32 Å². The molecule has 90 valence electrons. The third-order valence-corrected chi connectivity index (χ3v) is 3.34. The molecule has 1 fully saturated rings. The molecule has 1 amide bonds. The average molecular weight is 299 g/mol. The Morgan fingerprint density at radius 1 is 1.47 bits per heavy atom. The number of hydrogen-bond acceptors (Lipinski definition) is 3. The molecule has 0 saturated carbocycles. The van der Waals surface area contributed by atoms with E-state index in [1.165, 1.54) is 0 Å². The lowest BCUT2D eigenvalue weighted by Crippen LogP contribution is -2.45. The first-order valence-corrected chi connectivity index (χ1v) is 6.05. The molecule has 0 unspecified atom stereocenters. The fourth-order valence-electron chi connectivity index (χ4n) is 2.02.